The normalized spacial score (nSPS) is 10.8. The average molecular weight is 265 g/mol. The van der Waals surface area contributed by atoms with Gasteiger partial charge in [0.05, 0.1) is 12.2 Å². The lowest BCUT2D eigenvalue weighted by Crippen LogP contribution is -2.22. The maximum atomic E-state index is 12.2. The molecule has 3 aromatic rings. The monoisotopic (exact) mass is 265 g/mol. The minimum Gasteiger partial charge on any atom is -0.360 e. The Labute approximate surface area is 116 Å². The number of carbonyl (C=O) groups excluding carboxylic acids is 1. The van der Waals surface area contributed by atoms with Crippen LogP contribution < -0.4 is 5.32 Å². The number of H-pyrrole nitrogens is 1. The molecule has 2 heterocycles. The molecular formula is C16H15N3O. The van der Waals surface area contributed by atoms with E-state index >= 15 is 0 Å². The van der Waals surface area contributed by atoms with Gasteiger partial charge in [-0.1, -0.05) is 24.3 Å². The third-order valence-electron chi connectivity index (χ3n) is 3.21. The minimum atomic E-state index is 0.0818. The van der Waals surface area contributed by atoms with Gasteiger partial charge in [-0.3, -0.25) is 9.78 Å². The number of nitrogens with zero attached hydrogens (tertiary/aromatic N) is 1. The van der Waals surface area contributed by atoms with E-state index in [4.69, 9.17) is 0 Å². The van der Waals surface area contributed by atoms with Crippen LogP contribution in [0.2, 0.25) is 0 Å². The lowest BCUT2D eigenvalue weighted by atomic mass is 10.1. The fraction of sp³-hybridized carbons (Fsp3) is 0.125. The van der Waals surface area contributed by atoms with Crippen molar-refractivity contribution in [3.8, 4) is 0 Å². The summed E-state index contributed by atoms with van der Waals surface area (Å²) < 4.78 is 0. The Balaban J connectivity index is 1.65. The average Bonchev–Trinajstić information content (AvgIpc) is 2.92. The predicted molar refractivity (Wildman–Crippen MR) is 78.6 cm³/mol. The van der Waals surface area contributed by atoms with Crippen molar-refractivity contribution in [2.45, 2.75) is 6.54 Å². The summed E-state index contributed by atoms with van der Waals surface area (Å²) >= 11 is 0. The van der Waals surface area contributed by atoms with Gasteiger partial charge in [0.2, 0.25) is 0 Å². The third kappa shape index (κ3) is 2.60. The van der Waals surface area contributed by atoms with E-state index in [9.17, 15) is 4.79 Å². The number of para-hydroxylation sites is 1. The molecule has 0 aliphatic carbocycles. The highest BCUT2D eigenvalue weighted by Crippen LogP contribution is 2.17. The zero-order valence-corrected chi connectivity index (χ0v) is 11.0. The molecule has 0 saturated heterocycles. The van der Waals surface area contributed by atoms with Crippen LogP contribution in [0.1, 0.15) is 16.1 Å². The van der Waals surface area contributed by atoms with E-state index in [0.29, 0.717) is 13.1 Å². The Morgan fingerprint density at radius 2 is 2.00 bits per heavy atom. The standard InChI is InChI=1S/C16H15N3O/c20-16(11-17-9-12-5-3-4-8-18-12)14-10-19-15-7-2-1-6-13(14)15/h1-8,10,17,19H,9,11H2. The number of ketones is 1. The summed E-state index contributed by atoms with van der Waals surface area (Å²) in [6, 6.07) is 13.6. The number of nitrogens with one attached hydrogen (secondary N) is 2. The third-order valence-corrected chi connectivity index (χ3v) is 3.21. The Kier molecular flexibility index (Phi) is 3.56. The highest BCUT2D eigenvalue weighted by Gasteiger charge is 2.10. The van der Waals surface area contributed by atoms with Gasteiger partial charge in [-0.2, -0.15) is 0 Å². The maximum absolute atomic E-state index is 12.2. The number of fused-ring (bicyclic) bond motifs is 1. The second-order valence-corrected chi connectivity index (χ2v) is 4.60. The first-order valence-corrected chi connectivity index (χ1v) is 6.54. The van der Waals surface area contributed by atoms with Gasteiger partial charge in [0.25, 0.3) is 0 Å². The van der Waals surface area contributed by atoms with Crippen molar-refractivity contribution < 1.29 is 4.79 Å². The van der Waals surface area contributed by atoms with Gasteiger partial charge in [-0.15, -0.1) is 0 Å². The van der Waals surface area contributed by atoms with Crippen molar-refractivity contribution in [2.75, 3.05) is 6.54 Å². The number of Topliss-reactive ketones (excluding diaryl/α,β-unsaturated/α-hetero) is 1. The molecule has 0 amide bonds. The van der Waals surface area contributed by atoms with Gasteiger partial charge in [0.1, 0.15) is 0 Å². The maximum Gasteiger partial charge on any atom is 0.178 e. The molecular weight excluding hydrogens is 250 g/mol. The summed E-state index contributed by atoms with van der Waals surface area (Å²) in [7, 11) is 0. The second kappa shape index (κ2) is 5.67. The summed E-state index contributed by atoms with van der Waals surface area (Å²) in [5.41, 5.74) is 2.65. The Bertz CT molecular complexity index is 719. The van der Waals surface area contributed by atoms with Crippen molar-refractivity contribution in [3.05, 3.63) is 66.1 Å². The summed E-state index contributed by atoms with van der Waals surface area (Å²) in [5, 5.41) is 4.10. The van der Waals surface area contributed by atoms with Crippen LogP contribution in [0.3, 0.4) is 0 Å². The smallest absolute Gasteiger partial charge is 0.178 e. The fourth-order valence-corrected chi connectivity index (χ4v) is 2.20. The zero-order chi connectivity index (χ0) is 13.8. The molecule has 0 unspecified atom stereocenters. The van der Waals surface area contributed by atoms with Gasteiger partial charge in [0.15, 0.2) is 5.78 Å². The number of benzene rings is 1. The molecule has 0 radical (unpaired) electrons. The molecule has 3 rings (SSSR count). The fourth-order valence-electron chi connectivity index (χ4n) is 2.20. The molecule has 0 atom stereocenters. The molecule has 2 aromatic heterocycles. The van der Waals surface area contributed by atoms with Gasteiger partial charge >= 0.3 is 0 Å². The number of aromatic amines is 1. The first kappa shape index (κ1) is 12.6. The van der Waals surface area contributed by atoms with Crippen LogP contribution in [0.4, 0.5) is 0 Å². The Morgan fingerprint density at radius 1 is 1.15 bits per heavy atom. The number of aromatic nitrogens is 2. The lowest BCUT2D eigenvalue weighted by molar-refractivity contribution is 0.0992. The molecule has 4 heteroatoms. The molecule has 100 valence electrons. The van der Waals surface area contributed by atoms with E-state index in [1.807, 2.05) is 42.5 Å². The zero-order valence-electron chi connectivity index (χ0n) is 11.0. The topological polar surface area (TPSA) is 57.8 Å². The largest absolute Gasteiger partial charge is 0.360 e. The molecule has 2 N–H and O–H groups in total. The van der Waals surface area contributed by atoms with Crippen LogP contribution in [-0.4, -0.2) is 22.3 Å². The van der Waals surface area contributed by atoms with Crippen molar-refractivity contribution in [2.24, 2.45) is 0 Å². The Morgan fingerprint density at radius 3 is 2.85 bits per heavy atom. The summed E-state index contributed by atoms with van der Waals surface area (Å²) in [6.45, 7) is 0.896. The lowest BCUT2D eigenvalue weighted by Gasteiger charge is -2.03. The van der Waals surface area contributed by atoms with E-state index < -0.39 is 0 Å². The van der Waals surface area contributed by atoms with Crippen molar-refractivity contribution in [1.82, 2.24) is 15.3 Å². The Hall–Kier alpha value is -2.46. The first-order chi connectivity index (χ1) is 9.84. The van der Waals surface area contributed by atoms with Crippen LogP contribution in [0, 0.1) is 0 Å². The number of pyridine rings is 1. The highest BCUT2D eigenvalue weighted by molar-refractivity contribution is 6.08. The van der Waals surface area contributed by atoms with Gasteiger partial charge in [0, 0.05) is 35.4 Å². The van der Waals surface area contributed by atoms with Crippen molar-refractivity contribution in [1.29, 1.82) is 0 Å². The van der Waals surface area contributed by atoms with Gasteiger partial charge in [-0.25, -0.2) is 0 Å². The number of hydrogen-bond acceptors (Lipinski definition) is 3. The van der Waals surface area contributed by atoms with Crippen LogP contribution in [-0.2, 0) is 6.54 Å². The molecule has 20 heavy (non-hydrogen) atoms. The van der Waals surface area contributed by atoms with E-state index in [1.54, 1.807) is 12.4 Å². The molecule has 0 aliphatic rings. The van der Waals surface area contributed by atoms with Crippen molar-refractivity contribution >= 4 is 16.7 Å². The van der Waals surface area contributed by atoms with Crippen molar-refractivity contribution in [3.63, 3.8) is 0 Å². The SMILES string of the molecule is O=C(CNCc1ccccn1)c1c[nH]c2ccccc12. The van der Waals surface area contributed by atoms with Crippen LogP contribution in [0.25, 0.3) is 10.9 Å². The van der Waals surface area contributed by atoms with E-state index in [2.05, 4.69) is 15.3 Å². The van der Waals surface area contributed by atoms with Crippen LogP contribution in [0.15, 0.2) is 54.9 Å². The molecule has 0 aliphatic heterocycles. The second-order valence-electron chi connectivity index (χ2n) is 4.60. The summed E-state index contributed by atoms with van der Waals surface area (Å²) in [4.78, 5) is 19.5. The molecule has 0 saturated carbocycles. The molecule has 4 nitrogen and oxygen atoms in total. The van der Waals surface area contributed by atoms with Gasteiger partial charge in [-0.05, 0) is 18.2 Å². The van der Waals surface area contributed by atoms with E-state index in [-0.39, 0.29) is 5.78 Å². The van der Waals surface area contributed by atoms with E-state index in [0.717, 1.165) is 22.2 Å². The van der Waals surface area contributed by atoms with Crippen LogP contribution >= 0.6 is 0 Å². The van der Waals surface area contributed by atoms with Gasteiger partial charge < -0.3 is 10.3 Å². The molecule has 0 spiro atoms. The highest BCUT2D eigenvalue weighted by atomic mass is 16.1. The van der Waals surface area contributed by atoms with E-state index in [1.165, 1.54) is 0 Å². The molecule has 1 aromatic carbocycles. The molecule has 0 fully saturated rings. The minimum absolute atomic E-state index is 0.0818. The first-order valence-electron chi connectivity index (χ1n) is 6.54. The number of hydrogen-bond donors (Lipinski definition) is 2. The molecule has 0 bridgehead atoms. The summed E-state index contributed by atoms with van der Waals surface area (Å²) in [6.07, 6.45) is 3.52. The number of carbonyl (C=O) groups is 1. The summed E-state index contributed by atoms with van der Waals surface area (Å²) in [5.74, 6) is 0.0818. The number of rotatable bonds is 5. The predicted octanol–water partition coefficient (Wildman–Crippen LogP) is 2.54. The van der Waals surface area contributed by atoms with Crippen LogP contribution in [0.5, 0.6) is 0 Å². The quantitative estimate of drug-likeness (QED) is 0.697.